The molecule has 0 bridgehead atoms. The van der Waals surface area contributed by atoms with Gasteiger partial charge >= 0.3 is 5.97 Å². The van der Waals surface area contributed by atoms with E-state index in [0.717, 1.165) is 38.2 Å². The molecule has 1 aromatic rings. The maximum Gasteiger partial charge on any atom is 0.313 e. The zero-order valence-electron chi connectivity index (χ0n) is 25.4. The summed E-state index contributed by atoms with van der Waals surface area (Å²) < 4.78 is 113. The molecule has 0 amide bonds. The minimum Gasteiger partial charge on any atom is -0.420 e. The summed E-state index contributed by atoms with van der Waals surface area (Å²) in [6.07, 6.45) is 3.90. The van der Waals surface area contributed by atoms with Crippen LogP contribution in [0.2, 0.25) is 0 Å². The number of carbonyl (C=O) groups is 1. The normalized spacial score (nSPS) is 11.4. The minimum atomic E-state index is -2.35. The van der Waals surface area contributed by atoms with Crippen molar-refractivity contribution in [3.63, 3.8) is 0 Å². The molecule has 0 spiro atoms. The van der Waals surface area contributed by atoms with Gasteiger partial charge in [0.1, 0.15) is 0 Å². The summed E-state index contributed by atoms with van der Waals surface area (Å²) in [6.45, 7) is 6.03. The third kappa shape index (κ3) is 20.9. The number of alkyl halides is 1. The Balaban J connectivity index is 1.78. The Hall–Kier alpha value is -1.69. The van der Waals surface area contributed by atoms with Crippen molar-refractivity contribution in [3.05, 3.63) is 29.1 Å². The van der Waals surface area contributed by atoms with E-state index < -0.39 is 47.2 Å². The molecule has 0 aliphatic carbocycles. The fourth-order valence-electron chi connectivity index (χ4n) is 3.29. The molecule has 0 saturated heterocycles. The van der Waals surface area contributed by atoms with E-state index in [9.17, 15) is 26.7 Å². The first-order valence-electron chi connectivity index (χ1n) is 14.8. The second-order valence-electron chi connectivity index (χ2n) is 9.13. The van der Waals surface area contributed by atoms with E-state index >= 15 is 0 Å². The van der Waals surface area contributed by atoms with Crippen LogP contribution in [0.4, 0.5) is 22.0 Å². The molecule has 16 heteroatoms. The van der Waals surface area contributed by atoms with Gasteiger partial charge in [-0.05, 0) is 12.8 Å². The first-order valence-corrected chi connectivity index (χ1v) is 15.3. The van der Waals surface area contributed by atoms with E-state index in [1.807, 2.05) is 0 Å². The number of hydrogen-bond donors (Lipinski definition) is 0. The van der Waals surface area contributed by atoms with Crippen LogP contribution in [-0.2, 0) is 42.7 Å². The van der Waals surface area contributed by atoms with Crippen LogP contribution in [0.5, 0.6) is 5.75 Å². The summed E-state index contributed by atoms with van der Waals surface area (Å²) >= 11 is 5.63. The van der Waals surface area contributed by atoms with Crippen LogP contribution in [0.1, 0.15) is 32.1 Å². The highest BCUT2D eigenvalue weighted by Crippen LogP contribution is 2.29. The van der Waals surface area contributed by atoms with Crippen LogP contribution in [0, 0.1) is 29.1 Å². The zero-order chi connectivity index (χ0) is 33.0. The van der Waals surface area contributed by atoms with E-state index in [1.54, 1.807) is 0 Å². The van der Waals surface area contributed by atoms with Gasteiger partial charge in [-0.3, -0.25) is 4.79 Å². The van der Waals surface area contributed by atoms with Crippen molar-refractivity contribution in [2.75, 3.05) is 112 Å². The SMILES string of the molecule is O=C(CCOCCOCCOCCOCCOCCOCCOCCOCCCCCCCl)Oc1c(F)c(F)c(F)c(F)c1F. The van der Waals surface area contributed by atoms with Gasteiger partial charge in [-0.1, -0.05) is 12.8 Å². The Morgan fingerprint density at radius 3 is 1.11 bits per heavy atom. The third-order valence-electron chi connectivity index (χ3n) is 5.61. The zero-order valence-corrected chi connectivity index (χ0v) is 26.2. The number of benzene rings is 1. The van der Waals surface area contributed by atoms with E-state index in [2.05, 4.69) is 4.74 Å². The fraction of sp³-hybridized carbons (Fsp3) is 0.759. The van der Waals surface area contributed by atoms with Crippen molar-refractivity contribution in [2.45, 2.75) is 32.1 Å². The van der Waals surface area contributed by atoms with Crippen LogP contribution in [0.25, 0.3) is 0 Å². The molecule has 1 rings (SSSR count). The van der Waals surface area contributed by atoms with Crippen molar-refractivity contribution >= 4 is 17.6 Å². The Morgan fingerprint density at radius 2 is 0.733 bits per heavy atom. The number of unbranched alkanes of at least 4 members (excludes halogenated alkanes) is 3. The van der Waals surface area contributed by atoms with Gasteiger partial charge in [-0.25, -0.2) is 13.2 Å². The molecule has 262 valence electrons. The molecule has 0 aliphatic heterocycles. The summed E-state index contributed by atoms with van der Waals surface area (Å²) in [4.78, 5) is 11.6. The molecule has 0 aliphatic rings. The maximum atomic E-state index is 13.5. The molecule has 0 unspecified atom stereocenters. The fourth-order valence-corrected chi connectivity index (χ4v) is 3.48. The Labute approximate surface area is 265 Å². The number of carbonyl (C=O) groups excluding carboxylic acids is 1. The summed E-state index contributed by atoms with van der Waals surface area (Å²) in [5, 5.41) is 0. The second kappa shape index (κ2) is 28.5. The number of ether oxygens (including phenoxy) is 9. The molecule has 45 heavy (non-hydrogen) atoms. The number of hydrogen-bond acceptors (Lipinski definition) is 10. The molecular formula is C29H44ClF5O10. The van der Waals surface area contributed by atoms with E-state index in [0.29, 0.717) is 72.7 Å². The van der Waals surface area contributed by atoms with E-state index in [-0.39, 0.29) is 26.4 Å². The predicted molar refractivity (Wildman–Crippen MR) is 152 cm³/mol. The summed E-state index contributed by atoms with van der Waals surface area (Å²) in [5.74, 6) is -13.4. The van der Waals surface area contributed by atoms with Crippen LogP contribution in [-0.4, -0.2) is 118 Å². The summed E-state index contributed by atoms with van der Waals surface area (Å²) in [7, 11) is 0. The number of rotatable bonds is 31. The average Bonchev–Trinajstić information content (AvgIpc) is 3.04. The van der Waals surface area contributed by atoms with Crippen molar-refractivity contribution in [2.24, 2.45) is 0 Å². The molecule has 0 fully saturated rings. The summed E-state index contributed by atoms with van der Waals surface area (Å²) in [5.41, 5.74) is 0. The molecule has 0 N–H and O–H groups in total. The van der Waals surface area contributed by atoms with Crippen molar-refractivity contribution in [1.29, 1.82) is 0 Å². The van der Waals surface area contributed by atoms with Gasteiger partial charge in [0.2, 0.25) is 34.8 Å². The molecule has 1 aromatic carbocycles. The lowest BCUT2D eigenvalue weighted by atomic mass is 10.2. The Bertz CT molecular complexity index is 875. The van der Waals surface area contributed by atoms with Crippen LogP contribution < -0.4 is 4.74 Å². The van der Waals surface area contributed by atoms with Gasteiger partial charge in [-0.15, -0.1) is 11.6 Å². The smallest absolute Gasteiger partial charge is 0.313 e. The highest BCUT2D eigenvalue weighted by atomic mass is 35.5. The molecule has 0 heterocycles. The topological polar surface area (TPSA) is 100 Å². The second-order valence-corrected chi connectivity index (χ2v) is 9.50. The first-order chi connectivity index (χ1) is 21.9. The summed E-state index contributed by atoms with van der Waals surface area (Å²) in [6, 6.07) is 0. The molecule has 0 saturated carbocycles. The van der Waals surface area contributed by atoms with E-state index in [4.69, 9.17) is 49.5 Å². The number of halogens is 6. The van der Waals surface area contributed by atoms with Gasteiger partial charge in [0.25, 0.3) is 0 Å². The molecule has 0 atom stereocenters. The van der Waals surface area contributed by atoms with Crippen LogP contribution in [0.3, 0.4) is 0 Å². The lowest BCUT2D eigenvalue weighted by molar-refractivity contribution is -0.136. The molecule has 10 nitrogen and oxygen atoms in total. The number of esters is 1. The Kier molecular flexibility index (Phi) is 26.2. The lowest BCUT2D eigenvalue weighted by Crippen LogP contribution is -2.16. The van der Waals surface area contributed by atoms with Crippen molar-refractivity contribution in [1.82, 2.24) is 0 Å². The average molecular weight is 683 g/mol. The van der Waals surface area contributed by atoms with E-state index in [1.165, 1.54) is 0 Å². The largest absolute Gasteiger partial charge is 0.420 e. The maximum absolute atomic E-state index is 13.5. The molecular weight excluding hydrogens is 639 g/mol. The third-order valence-corrected chi connectivity index (χ3v) is 5.88. The minimum absolute atomic E-state index is 0.0871. The van der Waals surface area contributed by atoms with Gasteiger partial charge in [0.05, 0.1) is 106 Å². The Morgan fingerprint density at radius 1 is 0.422 bits per heavy atom. The van der Waals surface area contributed by atoms with Gasteiger partial charge in [0.15, 0.2) is 0 Å². The van der Waals surface area contributed by atoms with Crippen molar-refractivity contribution < 1.29 is 69.4 Å². The quantitative estimate of drug-likeness (QED) is 0.0210. The molecule has 0 radical (unpaired) electrons. The standard InChI is InChI=1S/C29H44ClF5O10/c30-6-3-1-2-4-7-37-9-11-39-13-15-41-17-19-43-21-22-44-20-18-42-16-14-40-12-10-38-8-5-23(36)45-29-27(34)25(32)24(31)26(33)28(29)35/h1-22H2. The van der Waals surface area contributed by atoms with Crippen LogP contribution >= 0.6 is 11.6 Å². The highest BCUT2D eigenvalue weighted by molar-refractivity contribution is 6.17. The first kappa shape index (κ1) is 41.3. The predicted octanol–water partition coefficient (Wildman–Crippen LogP) is 4.61. The monoisotopic (exact) mass is 682 g/mol. The lowest BCUT2D eigenvalue weighted by Gasteiger charge is -2.09. The van der Waals surface area contributed by atoms with Gasteiger partial charge < -0.3 is 42.6 Å². The van der Waals surface area contributed by atoms with Gasteiger partial charge in [0, 0.05) is 12.5 Å². The van der Waals surface area contributed by atoms with Crippen LogP contribution in [0.15, 0.2) is 0 Å². The van der Waals surface area contributed by atoms with Gasteiger partial charge in [-0.2, -0.15) is 8.78 Å². The van der Waals surface area contributed by atoms with Crippen molar-refractivity contribution in [3.8, 4) is 5.75 Å². The highest BCUT2D eigenvalue weighted by Gasteiger charge is 2.28. The molecule has 0 aromatic heterocycles.